The first kappa shape index (κ1) is 15.1. The molecule has 0 aromatic heterocycles. The average Bonchev–Trinajstić information content (AvgIpc) is 2.95. The molecule has 1 aromatic carbocycles. The van der Waals surface area contributed by atoms with Gasteiger partial charge in [0, 0.05) is 26.1 Å². The number of nitrogens with one attached hydrogen (secondary N) is 1. The smallest absolute Gasteiger partial charge is 0.252 e. The van der Waals surface area contributed by atoms with Gasteiger partial charge in [0.1, 0.15) is 0 Å². The Morgan fingerprint density at radius 2 is 1.90 bits per heavy atom. The minimum absolute atomic E-state index is 0.0833. The molecule has 1 fully saturated rings. The highest BCUT2D eigenvalue weighted by Gasteiger charge is 2.18. The molecule has 4 nitrogen and oxygen atoms in total. The molecular formula is C14H16Cl2N2O2. The van der Waals surface area contributed by atoms with Crippen molar-refractivity contribution in [1.29, 1.82) is 0 Å². The second-order valence-corrected chi connectivity index (χ2v) is 5.48. The minimum Gasteiger partial charge on any atom is -0.351 e. The van der Waals surface area contributed by atoms with Gasteiger partial charge in [-0.25, -0.2) is 0 Å². The molecule has 1 saturated heterocycles. The second-order valence-electron chi connectivity index (χ2n) is 4.70. The summed E-state index contributed by atoms with van der Waals surface area (Å²) in [5.74, 6) is -0.230. The number of halogens is 2. The molecular weight excluding hydrogens is 299 g/mol. The number of likely N-dealkylation sites (tertiary alicyclic amines) is 1. The molecule has 0 saturated carbocycles. The minimum atomic E-state index is -0.313. The quantitative estimate of drug-likeness (QED) is 0.929. The van der Waals surface area contributed by atoms with E-state index in [0.29, 0.717) is 23.6 Å². The normalized spacial score (nSPS) is 14.4. The lowest BCUT2D eigenvalue weighted by Gasteiger charge is -2.15. The van der Waals surface area contributed by atoms with Crippen molar-refractivity contribution in [1.82, 2.24) is 10.2 Å². The van der Waals surface area contributed by atoms with E-state index in [2.05, 4.69) is 5.32 Å². The molecule has 6 heteroatoms. The van der Waals surface area contributed by atoms with Crippen molar-refractivity contribution in [3.05, 3.63) is 33.8 Å². The van der Waals surface area contributed by atoms with Gasteiger partial charge in [-0.15, -0.1) is 0 Å². The van der Waals surface area contributed by atoms with Crippen LogP contribution in [0, 0.1) is 0 Å². The number of hydrogen-bond acceptors (Lipinski definition) is 2. The van der Waals surface area contributed by atoms with E-state index in [9.17, 15) is 9.59 Å². The Morgan fingerprint density at radius 3 is 2.60 bits per heavy atom. The molecule has 1 aliphatic rings. The summed E-state index contributed by atoms with van der Waals surface area (Å²) in [6.07, 6.45) is 2.44. The Bertz CT molecular complexity index is 514. The Morgan fingerprint density at radius 1 is 1.20 bits per heavy atom. The van der Waals surface area contributed by atoms with E-state index in [-0.39, 0.29) is 16.8 Å². The predicted molar refractivity (Wildman–Crippen MR) is 79.2 cm³/mol. The van der Waals surface area contributed by atoms with Gasteiger partial charge in [-0.1, -0.05) is 29.3 Å². The zero-order chi connectivity index (χ0) is 14.5. The van der Waals surface area contributed by atoms with Crippen LogP contribution in [0.15, 0.2) is 18.2 Å². The summed E-state index contributed by atoms with van der Waals surface area (Å²) >= 11 is 11.8. The molecule has 1 aromatic rings. The molecule has 1 heterocycles. The standard InChI is InChI=1S/C14H16Cl2N2O2/c15-11-5-3-4-10(13(11)16)14(20)17-7-6-12(19)18-8-1-2-9-18/h3-5H,1-2,6-9H2,(H,17,20). The third-order valence-electron chi connectivity index (χ3n) is 3.28. The zero-order valence-corrected chi connectivity index (χ0v) is 12.5. The van der Waals surface area contributed by atoms with Crippen molar-refractivity contribution in [3.8, 4) is 0 Å². The third kappa shape index (κ3) is 3.64. The Balaban J connectivity index is 1.83. The number of hydrogen-bond donors (Lipinski definition) is 1. The van der Waals surface area contributed by atoms with E-state index in [1.807, 2.05) is 4.90 Å². The summed E-state index contributed by atoms with van der Waals surface area (Å²) in [5.41, 5.74) is 0.327. The Hall–Kier alpha value is -1.26. The molecule has 0 unspecified atom stereocenters. The number of nitrogens with zero attached hydrogens (tertiary/aromatic N) is 1. The first-order valence-electron chi connectivity index (χ1n) is 6.59. The molecule has 0 bridgehead atoms. The van der Waals surface area contributed by atoms with Gasteiger partial charge < -0.3 is 10.2 Å². The van der Waals surface area contributed by atoms with Crippen molar-refractivity contribution >= 4 is 35.0 Å². The van der Waals surface area contributed by atoms with Crippen LogP contribution >= 0.6 is 23.2 Å². The Labute approximate surface area is 128 Å². The van der Waals surface area contributed by atoms with Gasteiger partial charge in [0.25, 0.3) is 5.91 Å². The number of benzene rings is 1. The SMILES string of the molecule is O=C(NCCC(=O)N1CCCC1)c1cccc(Cl)c1Cl. The first-order chi connectivity index (χ1) is 9.59. The maximum atomic E-state index is 11.9. The van der Waals surface area contributed by atoms with Crippen LogP contribution in [0.4, 0.5) is 0 Å². The Kier molecular flexibility index (Phi) is 5.26. The summed E-state index contributed by atoms with van der Waals surface area (Å²) in [4.78, 5) is 25.6. The summed E-state index contributed by atoms with van der Waals surface area (Å²) in [6.45, 7) is 1.96. The fraction of sp³-hybridized carbons (Fsp3) is 0.429. The molecule has 2 rings (SSSR count). The molecule has 1 N–H and O–H groups in total. The maximum Gasteiger partial charge on any atom is 0.252 e. The predicted octanol–water partition coefficient (Wildman–Crippen LogP) is 2.74. The zero-order valence-electron chi connectivity index (χ0n) is 11.0. The van der Waals surface area contributed by atoms with Gasteiger partial charge >= 0.3 is 0 Å². The van der Waals surface area contributed by atoms with Gasteiger partial charge in [0.05, 0.1) is 15.6 Å². The molecule has 1 aliphatic heterocycles. The first-order valence-corrected chi connectivity index (χ1v) is 7.35. The molecule has 20 heavy (non-hydrogen) atoms. The molecule has 0 atom stereocenters. The molecule has 108 valence electrons. The van der Waals surface area contributed by atoms with E-state index in [1.165, 1.54) is 0 Å². The van der Waals surface area contributed by atoms with Crippen molar-refractivity contribution < 1.29 is 9.59 Å². The van der Waals surface area contributed by atoms with E-state index in [4.69, 9.17) is 23.2 Å². The van der Waals surface area contributed by atoms with Gasteiger partial charge in [0.2, 0.25) is 5.91 Å². The summed E-state index contributed by atoms with van der Waals surface area (Å²) < 4.78 is 0. The average molecular weight is 315 g/mol. The highest BCUT2D eigenvalue weighted by atomic mass is 35.5. The van der Waals surface area contributed by atoms with Crippen LogP contribution in [-0.4, -0.2) is 36.3 Å². The van der Waals surface area contributed by atoms with Crippen molar-refractivity contribution in [2.75, 3.05) is 19.6 Å². The van der Waals surface area contributed by atoms with Crippen LogP contribution in [-0.2, 0) is 4.79 Å². The van der Waals surface area contributed by atoms with Gasteiger partial charge in [0.15, 0.2) is 0 Å². The van der Waals surface area contributed by atoms with E-state index in [0.717, 1.165) is 25.9 Å². The fourth-order valence-electron chi connectivity index (χ4n) is 2.18. The summed E-state index contributed by atoms with van der Waals surface area (Å²) in [6, 6.07) is 4.89. The lowest BCUT2D eigenvalue weighted by atomic mass is 10.2. The largest absolute Gasteiger partial charge is 0.351 e. The maximum absolute atomic E-state index is 11.9. The van der Waals surface area contributed by atoms with Gasteiger partial charge in [-0.3, -0.25) is 9.59 Å². The van der Waals surface area contributed by atoms with Crippen LogP contribution in [0.25, 0.3) is 0 Å². The summed E-state index contributed by atoms with van der Waals surface area (Å²) in [5, 5.41) is 3.27. The number of carbonyl (C=O) groups is 2. The number of rotatable bonds is 4. The molecule has 0 aliphatic carbocycles. The monoisotopic (exact) mass is 314 g/mol. The van der Waals surface area contributed by atoms with E-state index in [1.54, 1.807) is 18.2 Å². The lowest BCUT2D eigenvalue weighted by Crippen LogP contribution is -2.32. The topological polar surface area (TPSA) is 49.4 Å². The van der Waals surface area contributed by atoms with E-state index < -0.39 is 0 Å². The van der Waals surface area contributed by atoms with Crippen molar-refractivity contribution in [2.45, 2.75) is 19.3 Å². The second kappa shape index (κ2) is 6.95. The van der Waals surface area contributed by atoms with Crippen molar-refractivity contribution in [2.24, 2.45) is 0 Å². The molecule has 2 amide bonds. The van der Waals surface area contributed by atoms with Crippen LogP contribution in [0.2, 0.25) is 10.0 Å². The molecule has 0 spiro atoms. The lowest BCUT2D eigenvalue weighted by molar-refractivity contribution is -0.129. The van der Waals surface area contributed by atoms with Gasteiger partial charge in [-0.05, 0) is 25.0 Å². The number of carbonyl (C=O) groups excluding carboxylic acids is 2. The van der Waals surface area contributed by atoms with E-state index >= 15 is 0 Å². The fourth-order valence-corrected chi connectivity index (χ4v) is 2.57. The molecule has 0 radical (unpaired) electrons. The third-order valence-corrected chi connectivity index (χ3v) is 4.10. The van der Waals surface area contributed by atoms with Gasteiger partial charge in [-0.2, -0.15) is 0 Å². The highest BCUT2D eigenvalue weighted by molar-refractivity contribution is 6.43. The summed E-state index contributed by atoms with van der Waals surface area (Å²) in [7, 11) is 0. The van der Waals surface area contributed by atoms with Crippen LogP contribution in [0.3, 0.4) is 0 Å². The number of amides is 2. The van der Waals surface area contributed by atoms with Crippen LogP contribution in [0.5, 0.6) is 0 Å². The van der Waals surface area contributed by atoms with Crippen LogP contribution < -0.4 is 5.32 Å². The highest BCUT2D eigenvalue weighted by Crippen LogP contribution is 2.25. The van der Waals surface area contributed by atoms with Crippen LogP contribution in [0.1, 0.15) is 29.6 Å². The van der Waals surface area contributed by atoms with Crippen molar-refractivity contribution in [3.63, 3.8) is 0 Å².